The third-order valence-corrected chi connectivity index (χ3v) is 3.59. The van der Waals surface area contributed by atoms with Crippen LogP contribution in [0.5, 0.6) is 0 Å². The first-order valence-electron chi connectivity index (χ1n) is 6.20. The van der Waals surface area contributed by atoms with Crippen molar-refractivity contribution in [3.05, 3.63) is 70.9 Å². The summed E-state index contributed by atoms with van der Waals surface area (Å²) in [4.78, 5) is 4.34. The Morgan fingerprint density at radius 3 is 2.90 bits per heavy atom. The molecular formula is C15H12ClFN2O. The zero-order chi connectivity index (χ0) is 14.1. The largest absolute Gasteiger partial charge is 0.386 e. The highest BCUT2D eigenvalue weighted by atomic mass is 35.5. The molecule has 1 N–H and O–H groups in total. The molecule has 0 saturated heterocycles. The van der Waals surface area contributed by atoms with E-state index in [-0.39, 0.29) is 11.4 Å². The predicted molar refractivity (Wildman–Crippen MR) is 75.3 cm³/mol. The van der Waals surface area contributed by atoms with Gasteiger partial charge in [0.15, 0.2) is 0 Å². The first-order chi connectivity index (χ1) is 9.65. The van der Waals surface area contributed by atoms with Crippen LogP contribution in [0.3, 0.4) is 0 Å². The second kappa shape index (κ2) is 5.23. The van der Waals surface area contributed by atoms with Crippen molar-refractivity contribution in [1.82, 2.24) is 9.38 Å². The third-order valence-electron chi connectivity index (χ3n) is 3.17. The van der Waals surface area contributed by atoms with Gasteiger partial charge in [0.2, 0.25) is 0 Å². The number of rotatable bonds is 3. The summed E-state index contributed by atoms with van der Waals surface area (Å²) in [6.07, 6.45) is 3.01. The van der Waals surface area contributed by atoms with E-state index in [1.165, 1.54) is 6.07 Å². The van der Waals surface area contributed by atoms with Crippen molar-refractivity contribution in [2.75, 3.05) is 0 Å². The van der Waals surface area contributed by atoms with Crippen molar-refractivity contribution >= 4 is 17.2 Å². The maximum atomic E-state index is 13.4. The molecule has 5 heteroatoms. The van der Waals surface area contributed by atoms with E-state index < -0.39 is 11.9 Å². The highest BCUT2D eigenvalue weighted by molar-refractivity contribution is 6.31. The number of halogens is 2. The summed E-state index contributed by atoms with van der Waals surface area (Å²) < 4.78 is 15.2. The fourth-order valence-electron chi connectivity index (χ4n) is 2.13. The number of nitrogens with zero attached hydrogens (tertiary/aromatic N) is 2. The van der Waals surface area contributed by atoms with Crippen LogP contribution in [-0.4, -0.2) is 14.5 Å². The van der Waals surface area contributed by atoms with Gasteiger partial charge in [0, 0.05) is 18.8 Å². The van der Waals surface area contributed by atoms with E-state index in [0.29, 0.717) is 11.3 Å². The van der Waals surface area contributed by atoms with Gasteiger partial charge in [-0.3, -0.25) is 0 Å². The number of hydrogen-bond donors (Lipinski definition) is 1. The van der Waals surface area contributed by atoms with Crippen LogP contribution in [0, 0.1) is 5.82 Å². The van der Waals surface area contributed by atoms with Gasteiger partial charge >= 0.3 is 0 Å². The Balaban J connectivity index is 1.89. The lowest BCUT2D eigenvalue weighted by molar-refractivity contribution is 0.174. The monoisotopic (exact) mass is 290 g/mol. The molecule has 0 aliphatic carbocycles. The highest BCUT2D eigenvalue weighted by Gasteiger charge is 2.15. The molecule has 0 aliphatic heterocycles. The van der Waals surface area contributed by atoms with E-state index >= 15 is 0 Å². The zero-order valence-corrected chi connectivity index (χ0v) is 11.3. The van der Waals surface area contributed by atoms with Crippen LogP contribution in [-0.2, 0) is 6.42 Å². The SMILES string of the molecule is OC(Cc1cccc(F)c1Cl)c1cn2ccccc2n1. The number of imidazole rings is 1. The lowest BCUT2D eigenvalue weighted by Gasteiger charge is -2.09. The summed E-state index contributed by atoms with van der Waals surface area (Å²) in [5.74, 6) is -0.480. The first-order valence-corrected chi connectivity index (χ1v) is 6.57. The van der Waals surface area contributed by atoms with Crippen LogP contribution in [0.1, 0.15) is 17.4 Å². The molecule has 1 aromatic carbocycles. The number of benzene rings is 1. The molecule has 2 aromatic heterocycles. The molecule has 0 aliphatic rings. The van der Waals surface area contributed by atoms with Crippen LogP contribution >= 0.6 is 11.6 Å². The van der Waals surface area contributed by atoms with Crippen molar-refractivity contribution in [1.29, 1.82) is 0 Å². The summed E-state index contributed by atoms with van der Waals surface area (Å²) in [5, 5.41) is 10.3. The molecular weight excluding hydrogens is 279 g/mol. The second-order valence-electron chi connectivity index (χ2n) is 4.56. The Labute approximate surface area is 120 Å². The molecule has 3 nitrogen and oxygen atoms in total. The van der Waals surface area contributed by atoms with E-state index in [2.05, 4.69) is 4.98 Å². The van der Waals surface area contributed by atoms with E-state index in [9.17, 15) is 9.50 Å². The van der Waals surface area contributed by atoms with Crippen LogP contribution in [0.25, 0.3) is 5.65 Å². The number of aliphatic hydroxyl groups excluding tert-OH is 1. The summed E-state index contributed by atoms with van der Waals surface area (Å²) in [5.41, 5.74) is 1.86. The van der Waals surface area contributed by atoms with Gasteiger partial charge < -0.3 is 9.51 Å². The molecule has 0 saturated carbocycles. The molecule has 0 spiro atoms. The van der Waals surface area contributed by atoms with Crippen molar-refractivity contribution in [2.45, 2.75) is 12.5 Å². The topological polar surface area (TPSA) is 37.5 Å². The molecule has 20 heavy (non-hydrogen) atoms. The van der Waals surface area contributed by atoms with Gasteiger partial charge in [-0.15, -0.1) is 0 Å². The summed E-state index contributed by atoms with van der Waals surface area (Å²) >= 11 is 5.89. The molecule has 0 bridgehead atoms. The lowest BCUT2D eigenvalue weighted by atomic mass is 10.1. The van der Waals surface area contributed by atoms with Gasteiger partial charge in [-0.05, 0) is 23.8 Å². The third kappa shape index (κ3) is 2.40. The Morgan fingerprint density at radius 1 is 1.25 bits per heavy atom. The molecule has 3 rings (SSSR count). The van der Waals surface area contributed by atoms with Gasteiger partial charge in [-0.1, -0.05) is 29.8 Å². The molecule has 0 radical (unpaired) electrons. The van der Waals surface area contributed by atoms with Crippen LogP contribution in [0.2, 0.25) is 5.02 Å². The minimum Gasteiger partial charge on any atom is -0.386 e. The van der Waals surface area contributed by atoms with E-state index in [1.54, 1.807) is 18.3 Å². The zero-order valence-electron chi connectivity index (χ0n) is 10.5. The number of fused-ring (bicyclic) bond motifs is 1. The molecule has 1 atom stereocenters. The Hall–Kier alpha value is -1.91. The van der Waals surface area contributed by atoms with Crippen molar-refractivity contribution in [3.63, 3.8) is 0 Å². The summed E-state index contributed by atoms with van der Waals surface area (Å²) in [6.45, 7) is 0. The molecule has 1 unspecified atom stereocenters. The summed E-state index contributed by atoms with van der Waals surface area (Å²) in [7, 11) is 0. The first kappa shape index (κ1) is 13.1. The quantitative estimate of drug-likeness (QED) is 0.803. The number of pyridine rings is 1. The van der Waals surface area contributed by atoms with Gasteiger partial charge in [-0.2, -0.15) is 0 Å². The Morgan fingerprint density at radius 2 is 2.10 bits per heavy atom. The fraction of sp³-hybridized carbons (Fsp3) is 0.133. The Kier molecular flexibility index (Phi) is 3.42. The average Bonchev–Trinajstić information content (AvgIpc) is 2.88. The van der Waals surface area contributed by atoms with Crippen molar-refractivity contribution in [3.8, 4) is 0 Å². The minimum absolute atomic E-state index is 0.0512. The minimum atomic E-state index is -0.825. The van der Waals surface area contributed by atoms with Gasteiger partial charge in [0.1, 0.15) is 17.6 Å². The summed E-state index contributed by atoms with van der Waals surface area (Å²) in [6, 6.07) is 10.2. The van der Waals surface area contributed by atoms with Gasteiger partial charge in [0.25, 0.3) is 0 Å². The average molecular weight is 291 g/mol. The van der Waals surface area contributed by atoms with Gasteiger partial charge in [-0.25, -0.2) is 9.37 Å². The second-order valence-corrected chi connectivity index (χ2v) is 4.94. The lowest BCUT2D eigenvalue weighted by Crippen LogP contribution is -2.03. The van der Waals surface area contributed by atoms with E-state index in [0.717, 1.165) is 5.65 Å². The van der Waals surface area contributed by atoms with Gasteiger partial charge in [0.05, 0.1) is 10.7 Å². The smallest absolute Gasteiger partial charge is 0.142 e. The number of aliphatic hydroxyl groups is 1. The van der Waals surface area contributed by atoms with E-state index in [4.69, 9.17) is 11.6 Å². The van der Waals surface area contributed by atoms with Crippen molar-refractivity contribution in [2.24, 2.45) is 0 Å². The molecule has 3 aromatic rings. The normalized spacial score (nSPS) is 12.8. The Bertz CT molecular complexity index is 723. The standard InChI is InChI=1S/C15H12ClFN2O/c16-15-10(4-3-5-11(15)17)8-13(20)12-9-19-7-2-1-6-14(19)18-12/h1-7,9,13,20H,8H2. The van der Waals surface area contributed by atoms with Crippen LogP contribution in [0.4, 0.5) is 4.39 Å². The number of hydrogen-bond acceptors (Lipinski definition) is 2. The van der Waals surface area contributed by atoms with Crippen LogP contribution < -0.4 is 0 Å². The van der Waals surface area contributed by atoms with Crippen LogP contribution in [0.15, 0.2) is 48.8 Å². The predicted octanol–water partition coefficient (Wildman–Crippen LogP) is 3.40. The highest BCUT2D eigenvalue weighted by Crippen LogP contribution is 2.25. The van der Waals surface area contributed by atoms with E-state index in [1.807, 2.05) is 28.8 Å². The fourth-order valence-corrected chi connectivity index (χ4v) is 2.34. The van der Waals surface area contributed by atoms with Crippen molar-refractivity contribution < 1.29 is 9.50 Å². The molecule has 0 fully saturated rings. The maximum absolute atomic E-state index is 13.4. The molecule has 2 heterocycles. The maximum Gasteiger partial charge on any atom is 0.142 e. The molecule has 102 valence electrons. The number of aromatic nitrogens is 2. The molecule has 0 amide bonds.